The number of pyridine rings is 2. The van der Waals surface area contributed by atoms with Crippen molar-refractivity contribution in [2.75, 3.05) is 43.1 Å². The predicted octanol–water partition coefficient (Wildman–Crippen LogP) is 2.11. The topological polar surface area (TPSA) is 125 Å². The van der Waals surface area contributed by atoms with E-state index in [4.69, 9.17) is 4.74 Å². The van der Waals surface area contributed by atoms with Gasteiger partial charge in [0.25, 0.3) is 0 Å². The molecule has 5 rings (SSSR count). The summed E-state index contributed by atoms with van der Waals surface area (Å²) in [5, 5.41) is 2.48. The minimum Gasteiger partial charge on any atom is -0.381 e. The number of nitrogens with zero attached hydrogens (tertiary/aromatic N) is 3. The van der Waals surface area contributed by atoms with Gasteiger partial charge in [0.15, 0.2) is 0 Å². The Morgan fingerprint density at radius 1 is 1.14 bits per heavy atom. The third-order valence-corrected chi connectivity index (χ3v) is 9.66. The summed E-state index contributed by atoms with van der Waals surface area (Å²) in [6.45, 7) is 6.04. The molecule has 2 aliphatic heterocycles. The number of aromatic nitrogens is 2. The summed E-state index contributed by atoms with van der Waals surface area (Å²) < 4.78 is 33.3. The Balaban J connectivity index is 1.36. The number of aryl methyl sites for hydroxylation is 1. The number of hydrogen-bond acceptors (Lipinski definition) is 7. The number of amides is 1. The highest BCUT2D eigenvalue weighted by Crippen LogP contribution is 2.32. The number of carbonyl (C=O) groups excluding carboxylic acids is 1. The van der Waals surface area contributed by atoms with E-state index in [1.54, 1.807) is 16.6 Å². The molecule has 1 aliphatic carbocycles. The average Bonchev–Trinajstić information content (AvgIpc) is 3.71. The van der Waals surface area contributed by atoms with Crippen LogP contribution < -0.4 is 15.8 Å². The average molecular weight is 516 g/mol. The van der Waals surface area contributed by atoms with E-state index in [2.05, 4.69) is 15.3 Å². The number of ether oxygens (including phenoxy) is 1. The van der Waals surface area contributed by atoms with Gasteiger partial charge in [-0.1, -0.05) is 0 Å². The van der Waals surface area contributed by atoms with Crippen molar-refractivity contribution in [1.82, 2.24) is 14.3 Å². The van der Waals surface area contributed by atoms with Gasteiger partial charge < -0.3 is 19.9 Å². The van der Waals surface area contributed by atoms with Crippen LogP contribution in [0.1, 0.15) is 38.2 Å². The zero-order chi connectivity index (χ0) is 25.4. The molecule has 11 heteroatoms. The standard InChI is InChI=1S/C25H33N5O5S/c1-16-14-26-22(27-25(32)18-3-4-18)13-21(16)19-11-23(28-24(31)12-19)30-8-7-29(15-17(30)2)36(33,34)20-5-9-35-10-6-20/h11-14,17-18,20H,3-10,15H2,1-2H3,(H,28,31)(H,26,27,32)/t17-/m0/s1. The number of carbonyl (C=O) groups is 1. The Kier molecular flexibility index (Phi) is 6.88. The van der Waals surface area contributed by atoms with Gasteiger partial charge in [0, 0.05) is 57.1 Å². The number of sulfonamides is 1. The second kappa shape index (κ2) is 9.95. The van der Waals surface area contributed by atoms with Crippen molar-refractivity contribution < 1.29 is 17.9 Å². The SMILES string of the molecule is Cc1cnc(NC(=O)C2CC2)cc1-c1cc(N2CCN(S(=O)(=O)C3CCOCC3)C[C@@H]2C)[nH]c(=O)c1. The quantitative estimate of drug-likeness (QED) is 0.604. The van der Waals surface area contributed by atoms with Crippen molar-refractivity contribution in [2.45, 2.75) is 50.8 Å². The van der Waals surface area contributed by atoms with Crippen LogP contribution in [0.3, 0.4) is 0 Å². The molecule has 3 aliphatic rings. The van der Waals surface area contributed by atoms with Gasteiger partial charge in [-0.05, 0) is 68.4 Å². The van der Waals surface area contributed by atoms with Crippen LogP contribution in [0, 0.1) is 12.8 Å². The van der Waals surface area contributed by atoms with E-state index in [0.717, 1.165) is 29.5 Å². The lowest BCUT2D eigenvalue weighted by molar-refractivity contribution is -0.117. The Hall–Kier alpha value is -2.76. The van der Waals surface area contributed by atoms with Gasteiger partial charge in [-0.3, -0.25) is 9.59 Å². The molecule has 0 bridgehead atoms. The normalized spacial score (nSPS) is 21.9. The number of rotatable bonds is 6. The number of H-pyrrole nitrogens is 1. The fourth-order valence-electron chi connectivity index (χ4n) is 5.01. The van der Waals surface area contributed by atoms with Crippen molar-refractivity contribution in [3.63, 3.8) is 0 Å². The second-order valence-corrected chi connectivity index (χ2v) is 12.2. The molecule has 2 aromatic rings. The van der Waals surface area contributed by atoms with Gasteiger partial charge in [0.1, 0.15) is 11.6 Å². The summed E-state index contributed by atoms with van der Waals surface area (Å²) in [6.07, 6.45) is 4.57. The number of nitrogens with one attached hydrogen (secondary N) is 2. The van der Waals surface area contributed by atoms with Crippen LogP contribution in [-0.2, 0) is 19.6 Å². The molecule has 2 aromatic heterocycles. The number of anilines is 2. The van der Waals surface area contributed by atoms with Crippen LogP contribution in [-0.4, -0.2) is 72.7 Å². The highest BCUT2D eigenvalue weighted by atomic mass is 32.2. The Morgan fingerprint density at radius 3 is 2.58 bits per heavy atom. The molecular weight excluding hydrogens is 482 g/mol. The molecule has 2 N–H and O–H groups in total. The first kappa shape index (κ1) is 24.9. The molecule has 0 spiro atoms. The zero-order valence-corrected chi connectivity index (χ0v) is 21.5. The van der Waals surface area contributed by atoms with Gasteiger partial charge in [-0.15, -0.1) is 0 Å². The fraction of sp³-hybridized carbons (Fsp3) is 0.560. The van der Waals surface area contributed by atoms with Gasteiger partial charge in [0.05, 0.1) is 5.25 Å². The molecule has 36 heavy (non-hydrogen) atoms. The van der Waals surface area contributed by atoms with Crippen LogP contribution in [0.25, 0.3) is 11.1 Å². The third kappa shape index (κ3) is 5.18. The van der Waals surface area contributed by atoms with Crippen LogP contribution in [0.5, 0.6) is 0 Å². The van der Waals surface area contributed by atoms with E-state index in [9.17, 15) is 18.0 Å². The predicted molar refractivity (Wildman–Crippen MR) is 138 cm³/mol. The molecular formula is C25H33N5O5S. The molecule has 0 radical (unpaired) electrons. The summed E-state index contributed by atoms with van der Waals surface area (Å²) in [5.74, 6) is 1.16. The first-order valence-corrected chi connectivity index (χ1v) is 14.1. The third-order valence-electron chi connectivity index (χ3n) is 7.29. The summed E-state index contributed by atoms with van der Waals surface area (Å²) in [5.41, 5.74) is 2.18. The minimum atomic E-state index is -3.39. The maximum atomic E-state index is 13.2. The molecule has 3 fully saturated rings. The molecule has 0 unspecified atom stereocenters. The van der Waals surface area contributed by atoms with E-state index in [1.807, 2.05) is 24.8 Å². The van der Waals surface area contributed by atoms with E-state index in [0.29, 0.717) is 57.3 Å². The van der Waals surface area contributed by atoms with Crippen LogP contribution in [0.15, 0.2) is 29.2 Å². The van der Waals surface area contributed by atoms with Gasteiger partial charge >= 0.3 is 0 Å². The monoisotopic (exact) mass is 515 g/mol. The Bertz CT molecular complexity index is 1300. The smallest absolute Gasteiger partial charge is 0.250 e. The summed E-state index contributed by atoms with van der Waals surface area (Å²) in [6, 6.07) is 5.13. The van der Waals surface area contributed by atoms with Crippen molar-refractivity contribution in [3.05, 3.63) is 40.3 Å². The molecule has 194 valence electrons. The van der Waals surface area contributed by atoms with E-state index < -0.39 is 15.3 Å². The highest BCUT2D eigenvalue weighted by molar-refractivity contribution is 7.89. The molecule has 0 aromatic carbocycles. The minimum absolute atomic E-state index is 0.0219. The highest BCUT2D eigenvalue weighted by Gasteiger charge is 2.37. The molecule has 1 saturated carbocycles. The van der Waals surface area contributed by atoms with Gasteiger partial charge in [-0.25, -0.2) is 13.4 Å². The van der Waals surface area contributed by atoms with E-state index in [1.165, 1.54) is 6.07 Å². The van der Waals surface area contributed by atoms with Crippen LogP contribution in [0.4, 0.5) is 11.6 Å². The van der Waals surface area contributed by atoms with Crippen LogP contribution in [0.2, 0.25) is 0 Å². The molecule has 2 saturated heterocycles. The van der Waals surface area contributed by atoms with E-state index in [-0.39, 0.29) is 23.4 Å². The van der Waals surface area contributed by atoms with Crippen molar-refractivity contribution in [3.8, 4) is 11.1 Å². The van der Waals surface area contributed by atoms with Gasteiger partial charge in [-0.2, -0.15) is 4.31 Å². The molecule has 4 heterocycles. The van der Waals surface area contributed by atoms with Crippen LogP contribution >= 0.6 is 0 Å². The molecule has 10 nitrogen and oxygen atoms in total. The number of hydrogen-bond donors (Lipinski definition) is 2. The largest absolute Gasteiger partial charge is 0.381 e. The van der Waals surface area contributed by atoms with Crippen molar-refractivity contribution >= 4 is 27.6 Å². The van der Waals surface area contributed by atoms with Crippen molar-refractivity contribution in [2.24, 2.45) is 5.92 Å². The first-order chi connectivity index (χ1) is 17.2. The molecule has 1 atom stereocenters. The number of piperazine rings is 1. The summed E-state index contributed by atoms with van der Waals surface area (Å²) in [7, 11) is -3.39. The lowest BCUT2D eigenvalue weighted by atomic mass is 10.0. The maximum absolute atomic E-state index is 13.2. The maximum Gasteiger partial charge on any atom is 0.250 e. The van der Waals surface area contributed by atoms with E-state index >= 15 is 0 Å². The Labute approximate surface area is 211 Å². The molecule has 1 amide bonds. The summed E-state index contributed by atoms with van der Waals surface area (Å²) >= 11 is 0. The second-order valence-electron chi connectivity index (χ2n) is 10.0. The lowest BCUT2D eigenvalue weighted by Gasteiger charge is -2.41. The first-order valence-electron chi connectivity index (χ1n) is 12.6. The fourth-order valence-corrected chi connectivity index (χ4v) is 6.98. The zero-order valence-electron chi connectivity index (χ0n) is 20.7. The Morgan fingerprint density at radius 2 is 1.89 bits per heavy atom. The lowest BCUT2D eigenvalue weighted by Crippen LogP contribution is -2.56. The summed E-state index contributed by atoms with van der Waals surface area (Å²) in [4.78, 5) is 34.1. The van der Waals surface area contributed by atoms with Gasteiger partial charge in [0.2, 0.25) is 21.5 Å². The van der Waals surface area contributed by atoms with Crippen molar-refractivity contribution in [1.29, 1.82) is 0 Å². The number of aromatic amines is 1.